The van der Waals surface area contributed by atoms with Crippen molar-refractivity contribution in [2.24, 2.45) is 0 Å². The smallest absolute Gasteiger partial charge is 0.260 e. The number of rotatable bonds is 5. The van der Waals surface area contributed by atoms with E-state index in [9.17, 15) is 4.79 Å². The van der Waals surface area contributed by atoms with Crippen LogP contribution in [0.15, 0.2) is 42.9 Å². The lowest BCUT2D eigenvalue weighted by molar-refractivity contribution is 0.102. The van der Waals surface area contributed by atoms with E-state index >= 15 is 0 Å². The summed E-state index contributed by atoms with van der Waals surface area (Å²) in [6, 6.07) is 7.50. The van der Waals surface area contributed by atoms with E-state index < -0.39 is 0 Å². The summed E-state index contributed by atoms with van der Waals surface area (Å²) in [6.07, 6.45) is 4.83. The van der Waals surface area contributed by atoms with Crippen LogP contribution in [0.4, 0.5) is 5.82 Å². The van der Waals surface area contributed by atoms with Gasteiger partial charge in [-0.1, -0.05) is 41.4 Å². The van der Waals surface area contributed by atoms with Crippen LogP contribution in [0, 0.1) is 0 Å². The average molecular weight is 364 g/mol. The molecule has 0 aliphatic carbocycles. The Balaban J connectivity index is 1.74. The van der Waals surface area contributed by atoms with Gasteiger partial charge in [0.15, 0.2) is 5.82 Å². The maximum Gasteiger partial charge on any atom is 0.260 e. The molecule has 0 spiro atoms. The number of nitrogens with zero attached hydrogens (tertiary/aromatic N) is 4. The zero-order valence-corrected chi connectivity index (χ0v) is 14.4. The monoisotopic (exact) mass is 363 g/mol. The molecular weight excluding hydrogens is 349 g/mol. The molecule has 2 heterocycles. The van der Waals surface area contributed by atoms with Gasteiger partial charge in [0, 0.05) is 24.0 Å². The summed E-state index contributed by atoms with van der Waals surface area (Å²) in [4.78, 5) is 12.2. The van der Waals surface area contributed by atoms with E-state index in [-0.39, 0.29) is 5.91 Å². The summed E-state index contributed by atoms with van der Waals surface area (Å²) in [7, 11) is 0. The third-order valence-electron chi connectivity index (χ3n) is 3.46. The first-order valence-electron chi connectivity index (χ1n) is 7.37. The van der Waals surface area contributed by atoms with E-state index in [1.165, 1.54) is 6.20 Å². The molecule has 24 heavy (non-hydrogen) atoms. The Hall–Kier alpha value is -2.31. The molecule has 124 valence electrons. The van der Waals surface area contributed by atoms with Gasteiger partial charge in [-0.2, -0.15) is 10.2 Å². The highest BCUT2D eigenvalue weighted by Crippen LogP contribution is 2.22. The van der Waals surface area contributed by atoms with Crippen molar-refractivity contribution in [2.45, 2.75) is 20.0 Å². The highest BCUT2D eigenvalue weighted by atomic mass is 35.5. The molecule has 0 aliphatic heterocycles. The van der Waals surface area contributed by atoms with Gasteiger partial charge in [0.05, 0.1) is 18.3 Å². The quantitative estimate of drug-likeness (QED) is 0.751. The predicted octanol–water partition coefficient (Wildman–Crippen LogP) is 3.71. The number of aromatic nitrogens is 4. The lowest BCUT2D eigenvalue weighted by atomic mass is 10.2. The lowest BCUT2D eigenvalue weighted by Crippen LogP contribution is -2.12. The minimum absolute atomic E-state index is 0.304. The zero-order valence-electron chi connectivity index (χ0n) is 12.9. The van der Waals surface area contributed by atoms with Crippen molar-refractivity contribution in [1.29, 1.82) is 0 Å². The van der Waals surface area contributed by atoms with Crippen LogP contribution in [0.2, 0.25) is 10.0 Å². The minimum Gasteiger partial charge on any atom is -0.304 e. The zero-order chi connectivity index (χ0) is 17.1. The molecule has 6 nitrogen and oxygen atoms in total. The Morgan fingerprint density at radius 3 is 2.67 bits per heavy atom. The van der Waals surface area contributed by atoms with E-state index in [1.807, 2.05) is 31.2 Å². The second kappa shape index (κ2) is 7.07. The van der Waals surface area contributed by atoms with Crippen molar-refractivity contribution < 1.29 is 4.79 Å². The fourth-order valence-corrected chi connectivity index (χ4v) is 2.59. The van der Waals surface area contributed by atoms with Gasteiger partial charge in [-0.25, -0.2) is 0 Å². The van der Waals surface area contributed by atoms with Gasteiger partial charge in [-0.3, -0.25) is 14.2 Å². The molecule has 0 aliphatic rings. The summed E-state index contributed by atoms with van der Waals surface area (Å²) in [5, 5.41) is 12.1. The fraction of sp³-hybridized carbons (Fsp3) is 0.188. The maximum atomic E-state index is 12.2. The van der Waals surface area contributed by atoms with Gasteiger partial charge >= 0.3 is 0 Å². The van der Waals surface area contributed by atoms with E-state index in [1.54, 1.807) is 21.8 Å². The predicted molar refractivity (Wildman–Crippen MR) is 93.6 cm³/mol. The Labute approximate surface area is 149 Å². The average Bonchev–Trinajstić information content (AvgIpc) is 3.17. The molecule has 0 saturated carbocycles. The van der Waals surface area contributed by atoms with Crippen molar-refractivity contribution in [3.05, 3.63) is 64.0 Å². The Bertz CT molecular complexity index is 871. The van der Waals surface area contributed by atoms with Crippen LogP contribution in [-0.4, -0.2) is 25.5 Å². The topological polar surface area (TPSA) is 64.7 Å². The first kappa shape index (κ1) is 16.5. The Kier molecular flexibility index (Phi) is 4.87. The summed E-state index contributed by atoms with van der Waals surface area (Å²) >= 11 is 12.3. The van der Waals surface area contributed by atoms with Crippen molar-refractivity contribution in [1.82, 2.24) is 19.6 Å². The molecule has 0 bridgehead atoms. The van der Waals surface area contributed by atoms with Gasteiger partial charge in [0.25, 0.3) is 5.91 Å². The molecule has 3 aromatic rings. The van der Waals surface area contributed by atoms with E-state index in [0.717, 1.165) is 5.56 Å². The molecule has 0 saturated heterocycles. The fourth-order valence-electron chi connectivity index (χ4n) is 2.20. The Morgan fingerprint density at radius 1 is 1.17 bits per heavy atom. The SMILES string of the molecule is CCn1cc(C(=O)Nc2nn(Cc3ccccc3Cl)cc2Cl)cn1. The van der Waals surface area contributed by atoms with Gasteiger partial charge in [-0.15, -0.1) is 0 Å². The van der Waals surface area contributed by atoms with Crippen molar-refractivity contribution in [3.8, 4) is 0 Å². The number of carbonyl (C=O) groups excluding carboxylic acids is 1. The van der Waals surface area contributed by atoms with Gasteiger partial charge in [0.1, 0.15) is 5.02 Å². The molecular formula is C16H15Cl2N5O. The number of aryl methyl sites for hydroxylation is 1. The number of hydrogen-bond donors (Lipinski definition) is 1. The minimum atomic E-state index is -0.306. The number of halogens is 2. The number of hydrogen-bond acceptors (Lipinski definition) is 3. The number of amides is 1. The van der Waals surface area contributed by atoms with Crippen LogP contribution in [0.5, 0.6) is 0 Å². The first-order chi connectivity index (χ1) is 11.6. The Morgan fingerprint density at radius 2 is 1.96 bits per heavy atom. The number of nitrogens with one attached hydrogen (secondary N) is 1. The van der Waals surface area contributed by atoms with E-state index in [4.69, 9.17) is 23.2 Å². The molecule has 3 rings (SSSR count). The number of benzene rings is 1. The summed E-state index contributed by atoms with van der Waals surface area (Å²) < 4.78 is 3.31. The molecule has 0 atom stereocenters. The molecule has 1 amide bonds. The maximum absolute atomic E-state index is 12.2. The number of carbonyl (C=O) groups is 1. The van der Waals surface area contributed by atoms with Crippen molar-refractivity contribution in [3.63, 3.8) is 0 Å². The summed E-state index contributed by atoms with van der Waals surface area (Å²) in [5.41, 5.74) is 1.37. The van der Waals surface area contributed by atoms with E-state index in [0.29, 0.717) is 34.5 Å². The van der Waals surface area contributed by atoms with Crippen LogP contribution in [0.25, 0.3) is 0 Å². The second-order valence-corrected chi connectivity index (χ2v) is 5.97. The van der Waals surface area contributed by atoms with Crippen LogP contribution < -0.4 is 5.32 Å². The van der Waals surface area contributed by atoms with Crippen molar-refractivity contribution in [2.75, 3.05) is 5.32 Å². The highest BCUT2D eigenvalue weighted by Gasteiger charge is 2.14. The number of anilines is 1. The molecule has 0 unspecified atom stereocenters. The third kappa shape index (κ3) is 3.60. The van der Waals surface area contributed by atoms with Crippen LogP contribution >= 0.6 is 23.2 Å². The highest BCUT2D eigenvalue weighted by molar-refractivity contribution is 6.33. The van der Waals surface area contributed by atoms with Gasteiger partial charge in [0.2, 0.25) is 0 Å². The molecule has 2 aromatic heterocycles. The summed E-state index contributed by atoms with van der Waals surface area (Å²) in [5.74, 6) is -0.00226. The molecule has 1 aromatic carbocycles. The standard InChI is InChI=1S/C16H15Cl2N5O/c1-2-22-9-12(7-19-22)16(24)20-15-14(18)10-23(21-15)8-11-5-3-4-6-13(11)17/h3-7,9-10H,2,8H2,1H3,(H,20,21,24). The van der Waals surface area contributed by atoms with Crippen LogP contribution in [0.3, 0.4) is 0 Å². The second-order valence-electron chi connectivity index (χ2n) is 5.15. The molecule has 0 radical (unpaired) electrons. The molecule has 1 N–H and O–H groups in total. The van der Waals surface area contributed by atoms with E-state index in [2.05, 4.69) is 15.5 Å². The van der Waals surface area contributed by atoms with Gasteiger partial charge < -0.3 is 5.32 Å². The van der Waals surface area contributed by atoms with Crippen LogP contribution in [-0.2, 0) is 13.1 Å². The first-order valence-corrected chi connectivity index (χ1v) is 8.12. The largest absolute Gasteiger partial charge is 0.304 e. The third-order valence-corrected chi connectivity index (χ3v) is 4.10. The normalized spacial score (nSPS) is 10.8. The van der Waals surface area contributed by atoms with Crippen molar-refractivity contribution >= 4 is 34.9 Å². The molecule has 0 fully saturated rings. The van der Waals surface area contributed by atoms with Gasteiger partial charge in [-0.05, 0) is 18.6 Å². The van der Waals surface area contributed by atoms with Crippen LogP contribution in [0.1, 0.15) is 22.8 Å². The molecule has 8 heteroatoms. The lowest BCUT2D eigenvalue weighted by Gasteiger charge is -2.04. The summed E-state index contributed by atoms with van der Waals surface area (Å²) in [6.45, 7) is 3.10.